The molecule has 2 aromatic heterocycles. The van der Waals surface area contributed by atoms with E-state index >= 15 is 0 Å². The Balaban J connectivity index is 1.27. The van der Waals surface area contributed by atoms with E-state index in [9.17, 15) is 24.3 Å². The fraction of sp³-hybridized carbons (Fsp3) is 0.829. The Labute approximate surface area is 529 Å². The first kappa shape index (κ1) is 74.0. The first-order chi connectivity index (χ1) is 42.3. The molecule has 11 heteroatoms. The summed E-state index contributed by atoms with van der Waals surface area (Å²) in [6, 6.07) is 5.21. The van der Waals surface area contributed by atoms with Gasteiger partial charge in [-0.25, -0.2) is 4.79 Å². The van der Waals surface area contributed by atoms with Crippen molar-refractivity contribution in [2.45, 2.75) is 374 Å². The fourth-order valence-electron chi connectivity index (χ4n) is 15.5. The summed E-state index contributed by atoms with van der Waals surface area (Å²) >= 11 is 0. The summed E-state index contributed by atoms with van der Waals surface area (Å²) in [5.41, 5.74) is -3.09. The lowest BCUT2D eigenvalue weighted by atomic mass is 9.42. The minimum Gasteiger partial charge on any atom is -0.482 e. The number of unbranched alkanes of at least 4 members (excludes halogenated alkanes) is 39. The molecule has 2 aliphatic carbocycles. The number of aromatic nitrogens is 1. The Morgan fingerprint density at radius 2 is 0.943 bits per heavy atom. The molecule has 496 valence electrons. The normalized spacial score (nSPS) is 23.1. The van der Waals surface area contributed by atoms with Crippen molar-refractivity contribution in [2.75, 3.05) is 6.61 Å². The van der Waals surface area contributed by atoms with E-state index in [0.29, 0.717) is 44.1 Å². The van der Waals surface area contributed by atoms with E-state index in [0.717, 1.165) is 57.8 Å². The van der Waals surface area contributed by atoms with Crippen LogP contribution in [0.2, 0.25) is 0 Å². The number of nitrogens with zero attached hydrogens (tertiary/aromatic N) is 1. The second-order valence-corrected chi connectivity index (χ2v) is 28.1. The van der Waals surface area contributed by atoms with Crippen LogP contribution in [0.1, 0.15) is 361 Å². The molecule has 2 fully saturated rings. The van der Waals surface area contributed by atoms with Gasteiger partial charge in [0.25, 0.3) is 0 Å². The molecule has 0 aromatic carbocycles. The van der Waals surface area contributed by atoms with Crippen molar-refractivity contribution < 1.29 is 42.9 Å². The van der Waals surface area contributed by atoms with Gasteiger partial charge in [0.15, 0.2) is 0 Å². The summed E-state index contributed by atoms with van der Waals surface area (Å²) in [7, 11) is 0. The average Bonchev–Trinajstić information content (AvgIpc) is 0.692. The molecule has 5 rings (SSSR count). The maximum absolute atomic E-state index is 14.3. The van der Waals surface area contributed by atoms with Crippen molar-refractivity contribution in [1.29, 1.82) is 0 Å². The number of hydrogen-bond donors (Lipinski definition) is 1. The quantitative estimate of drug-likeness (QED) is 0.0383. The van der Waals surface area contributed by atoms with Crippen LogP contribution >= 0.6 is 0 Å². The number of aliphatic hydroxyl groups is 1. The van der Waals surface area contributed by atoms with Crippen LogP contribution in [0.5, 0.6) is 5.75 Å². The van der Waals surface area contributed by atoms with Crippen LogP contribution < -0.4 is 10.4 Å². The maximum Gasteiger partial charge on any atom is 0.345 e. The highest BCUT2D eigenvalue weighted by Gasteiger charge is 2.71. The lowest BCUT2D eigenvalue weighted by molar-refractivity contribution is -0.271. The number of hydrogen-bond acceptors (Lipinski definition) is 11. The lowest BCUT2D eigenvalue weighted by Gasteiger charge is -2.66. The van der Waals surface area contributed by atoms with Gasteiger partial charge in [-0.3, -0.25) is 19.4 Å². The topological polar surface area (TPSA) is 151 Å². The molecule has 3 aliphatic rings. The highest BCUT2D eigenvalue weighted by Crippen LogP contribution is 2.67. The van der Waals surface area contributed by atoms with Crippen molar-refractivity contribution in [3.63, 3.8) is 0 Å². The van der Waals surface area contributed by atoms with E-state index < -0.39 is 52.2 Å². The fourth-order valence-corrected chi connectivity index (χ4v) is 15.5. The Bertz CT molecular complexity index is 2230. The second-order valence-electron chi connectivity index (χ2n) is 28.1. The number of carbonyl (C=O) groups is 3. The number of fused-ring (bicyclic) bond motifs is 4. The molecular formula is C76H127NO10. The van der Waals surface area contributed by atoms with Crippen molar-refractivity contribution >= 4 is 17.9 Å². The van der Waals surface area contributed by atoms with E-state index in [-0.39, 0.29) is 48.0 Å². The van der Waals surface area contributed by atoms with Crippen LogP contribution in [-0.4, -0.2) is 52.4 Å². The number of esters is 3. The molecule has 3 heterocycles. The van der Waals surface area contributed by atoms with Gasteiger partial charge < -0.3 is 28.5 Å². The van der Waals surface area contributed by atoms with Gasteiger partial charge in [0.2, 0.25) is 0 Å². The molecule has 0 bridgehead atoms. The summed E-state index contributed by atoms with van der Waals surface area (Å²) in [4.78, 5) is 60.7. The summed E-state index contributed by atoms with van der Waals surface area (Å²) in [6.07, 6.45) is 54.0. The smallest absolute Gasteiger partial charge is 0.345 e. The molecule has 8 atom stereocenters. The van der Waals surface area contributed by atoms with Gasteiger partial charge in [-0.2, -0.15) is 0 Å². The van der Waals surface area contributed by atoms with E-state index in [4.69, 9.17) is 23.4 Å². The third kappa shape index (κ3) is 25.1. The molecule has 1 N–H and O–H groups in total. The zero-order chi connectivity index (χ0) is 62.4. The molecular weight excluding hydrogens is 1090 g/mol. The van der Waals surface area contributed by atoms with Crippen LogP contribution in [0.25, 0.3) is 11.3 Å². The monoisotopic (exact) mass is 1210 g/mol. The standard InChI is InChI=1S/C76H127NO10/c1-7-10-13-16-19-22-25-28-31-34-37-40-43-46-51-67(78)83-60-75(5)64-58-66(86-69(80)53-48-45-42-39-36-33-30-27-24-21-18-15-12-9-3)76(6)72(71(81)70-63(87-76)57-62(84-73(70)82)61-50-49-56-77-59-61)74(64,4)55-54-65(75)85-68(79)52-47-44-41-38-35-32-29-26-23-20-17-14-11-8-2/h49-50,56-57,59,64-66,71-72,81H,7-48,51-55,58,60H2,1-6H3/t64?,65-,66-,71?,72?,74-,75-,76+/m0/s1. The molecule has 0 radical (unpaired) electrons. The molecule has 1 aliphatic heterocycles. The molecule has 0 spiro atoms. The van der Waals surface area contributed by atoms with Crippen LogP contribution in [-0.2, 0) is 28.6 Å². The SMILES string of the molecule is CCCCCCCCCCCCCCCCC(=O)OC[C@@]1(C)C2C[C@H](OC(=O)CCCCCCCCCCCCCCCC)[C@@]3(C)Oc4cc(-c5cccnc5)oc(=O)c4C(O)C3[C@@]2(C)CC[C@@H]1OC(=O)CCCCCCCCCCCCCCCC. The first-order valence-electron chi connectivity index (χ1n) is 36.8. The molecule has 3 unspecified atom stereocenters. The van der Waals surface area contributed by atoms with Gasteiger partial charge in [-0.15, -0.1) is 0 Å². The van der Waals surface area contributed by atoms with Crippen LogP contribution in [0, 0.1) is 22.7 Å². The maximum atomic E-state index is 14.3. The minimum atomic E-state index is -1.36. The van der Waals surface area contributed by atoms with Crippen molar-refractivity contribution in [2.24, 2.45) is 22.7 Å². The van der Waals surface area contributed by atoms with Crippen molar-refractivity contribution in [3.8, 4) is 17.1 Å². The number of carbonyl (C=O) groups excluding carboxylic acids is 3. The molecule has 0 amide bonds. The average molecular weight is 1210 g/mol. The Kier molecular flexibility index (Phi) is 36.0. The van der Waals surface area contributed by atoms with E-state index in [1.54, 1.807) is 30.6 Å². The van der Waals surface area contributed by atoms with Gasteiger partial charge in [0.1, 0.15) is 41.5 Å². The van der Waals surface area contributed by atoms with Crippen LogP contribution in [0.15, 0.2) is 39.8 Å². The number of ether oxygens (including phenoxy) is 4. The predicted octanol–water partition coefficient (Wildman–Crippen LogP) is 21.3. The van der Waals surface area contributed by atoms with E-state index in [1.807, 2.05) is 6.92 Å². The number of pyridine rings is 1. The number of rotatable bonds is 50. The van der Waals surface area contributed by atoms with Gasteiger partial charge in [-0.05, 0) is 68.9 Å². The molecule has 2 aromatic rings. The highest BCUT2D eigenvalue weighted by atomic mass is 16.6. The minimum absolute atomic E-state index is 0.00516. The predicted molar refractivity (Wildman–Crippen MR) is 355 cm³/mol. The van der Waals surface area contributed by atoms with Gasteiger partial charge in [0.05, 0.1) is 6.10 Å². The Morgan fingerprint density at radius 1 is 0.552 bits per heavy atom. The third-order valence-electron chi connectivity index (χ3n) is 20.8. The Morgan fingerprint density at radius 3 is 1.34 bits per heavy atom. The van der Waals surface area contributed by atoms with Crippen LogP contribution in [0.4, 0.5) is 0 Å². The van der Waals surface area contributed by atoms with Crippen molar-refractivity contribution in [3.05, 3.63) is 46.6 Å². The molecule has 2 saturated carbocycles. The molecule has 87 heavy (non-hydrogen) atoms. The van der Waals surface area contributed by atoms with Crippen LogP contribution in [0.3, 0.4) is 0 Å². The summed E-state index contributed by atoms with van der Waals surface area (Å²) in [6.45, 7) is 12.9. The van der Waals surface area contributed by atoms with E-state index in [2.05, 4.69) is 39.6 Å². The van der Waals surface area contributed by atoms with Gasteiger partial charge in [0, 0.05) is 54.6 Å². The summed E-state index contributed by atoms with van der Waals surface area (Å²) in [5, 5.41) is 12.9. The summed E-state index contributed by atoms with van der Waals surface area (Å²) < 4.78 is 32.7. The molecule has 0 saturated heterocycles. The van der Waals surface area contributed by atoms with E-state index in [1.165, 1.54) is 205 Å². The largest absolute Gasteiger partial charge is 0.482 e. The summed E-state index contributed by atoms with van der Waals surface area (Å²) in [5.74, 6) is -1.57. The zero-order valence-electron chi connectivity index (χ0n) is 56.5. The van der Waals surface area contributed by atoms with Gasteiger partial charge >= 0.3 is 23.5 Å². The molecule has 11 nitrogen and oxygen atoms in total. The Hall–Kier alpha value is -3.73. The third-order valence-corrected chi connectivity index (χ3v) is 20.8. The number of aliphatic hydroxyl groups excluding tert-OH is 1. The van der Waals surface area contributed by atoms with Gasteiger partial charge in [-0.1, -0.05) is 285 Å². The zero-order valence-corrected chi connectivity index (χ0v) is 56.5. The lowest BCUT2D eigenvalue weighted by Crippen LogP contribution is -2.71. The first-order valence-corrected chi connectivity index (χ1v) is 36.8. The second kappa shape index (κ2) is 42.4. The van der Waals surface area contributed by atoms with Crippen molar-refractivity contribution in [1.82, 2.24) is 4.98 Å². The highest BCUT2D eigenvalue weighted by molar-refractivity contribution is 5.71.